The fourth-order valence-corrected chi connectivity index (χ4v) is 2.95. The fourth-order valence-electron chi connectivity index (χ4n) is 2.25. The van der Waals surface area contributed by atoms with Gasteiger partial charge in [0.15, 0.2) is 5.16 Å². The van der Waals surface area contributed by atoms with E-state index < -0.39 is 5.97 Å². The van der Waals surface area contributed by atoms with Crippen molar-refractivity contribution in [2.24, 2.45) is 0 Å². The second kappa shape index (κ2) is 10.7. The van der Waals surface area contributed by atoms with Crippen LogP contribution in [0.25, 0.3) is 0 Å². The summed E-state index contributed by atoms with van der Waals surface area (Å²) in [6, 6.07) is 0. The van der Waals surface area contributed by atoms with Gasteiger partial charge in [0.1, 0.15) is 5.82 Å². The first-order chi connectivity index (χ1) is 10.2. The Kier molecular flexibility index (Phi) is 9.14. The lowest BCUT2D eigenvalue weighted by molar-refractivity contribution is -0.133. The molecule has 1 aromatic rings. The van der Waals surface area contributed by atoms with Gasteiger partial charge in [-0.05, 0) is 12.8 Å². The molecule has 0 fully saturated rings. The molecule has 0 bridgehead atoms. The third-order valence-electron chi connectivity index (χ3n) is 3.32. The van der Waals surface area contributed by atoms with E-state index in [1.165, 1.54) is 43.9 Å². The number of nitrogens with zero attached hydrogens (tertiary/aromatic N) is 3. The van der Waals surface area contributed by atoms with E-state index in [9.17, 15) is 4.79 Å². The number of unbranched alkanes of at least 4 members (excludes halogenated alkanes) is 5. The number of hydrogen-bond donors (Lipinski definition) is 1. The van der Waals surface area contributed by atoms with Crippen LogP contribution in [0.5, 0.6) is 0 Å². The highest BCUT2D eigenvalue weighted by Gasteiger charge is 2.12. The molecule has 120 valence electrons. The van der Waals surface area contributed by atoms with Crippen LogP contribution in [0.4, 0.5) is 0 Å². The molecule has 0 saturated carbocycles. The summed E-state index contributed by atoms with van der Waals surface area (Å²) >= 11 is 1.26. The zero-order valence-corrected chi connectivity index (χ0v) is 14.0. The minimum atomic E-state index is -0.816. The van der Waals surface area contributed by atoms with Crippen molar-refractivity contribution in [1.29, 1.82) is 0 Å². The second-order valence-electron chi connectivity index (χ2n) is 5.25. The fraction of sp³-hybridized carbons (Fsp3) is 0.800. The Balaban J connectivity index is 2.46. The summed E-state index contributed by atoms with van der Waals surface area (Å²) in [5, 5.41) is 17.9. The summed E-state index contributed by atoms with van der Waals surface area (Å²) < 4.78 is 2.08. The summed E-state index contributed by atoms with van der Waals surface area (Å²) in [6.45, 7) is 5.20. The Morgan fingerprint density at radius 3 is 2.48 bits per heavy atom. The number of carbonyl (C=O) groups is 1. The van der Waals surface area contributed by atoms with E-state index in [-0.39, 0.29) is 5.75 Å². The number of aryl methyl sites for hydroxylation is 1. The molecule has 0 aromatic carbocycles. The van der Waals surface area contributed by atoms with Gasteiger partial charge in [0.2, 0.25) is 0 Å². The molecule has 0 amide bonds. The van der Waals surface area contributed by atoms with Gasteiger partial charge in [0, 0.05) is 13.0 Å². The zero-order chi connectivity index (χ0) is 15.5. The summed E-state index contributed by atoms with van der Waals surface area (Å²) in [5.41, 5.74) is 0. The van der Waals surface area contributed by atoms with Gasteiger partial charge in [0.25, 0.3) is 0 Å². The first-order valence-electron chi connectivity index (χ1n) is 7.95. The summed E-state index contributed by atoms with van der Waals surface area (Å²) in [6.07, 6.45) is 9.51. The van der Waals surface area contributed by atoms with Crippen molar-refractivity contribution in [2.75, 3.05) is 5.75 Å². The molecule has 0 aliphatic heterocycles. The molecule has 0 unspecified atom stereocenters. The molecular formula is C15H27N3O2S. The van der Waals surface area contributed by atoms with Crippen molar-refractivity contribution in [3.63, 3.8) is 0 Å². The lowest BCUT2D eigenvalue weighted by Gasteiger charge is -2.08. The molecule has 5 nitrogen and oxygen atoms in total. The lowest BCUT2D eigenvalue weighted by atomic mass is 10.1. The van der Waals surface area contributed by atoms with E-state index >= 15 is 0 Å². The van der Waals surface area contributed by atoms with E-state index in [4.69, 9.17) is 5.11 Å². The molecule has 0 aliphatic rings. The van der Waals surface area contributed by atoms with Crippen molar-refractivity contribution >= 4 is 17.7 Å². The van der Waals surface area contributed by atoms with E-state index in [1.807, 2.05) is 0 Å². The van der Waals surface area contributed by atoms with Gasteiger partial charge in [0.05, 0.1) is 5.75 Å². The average Bonchev–Trinajstić information content (AvgIpc) is 2.83. The topological polar surface area (TPSA) is 68.0 Å². The Bertz CT molecular complexity index is 421. The predicted molar refractivity (Wildman–Crippen MR) is 85.8 cm³/mol. The quantitative estimate of drug-likeness (QED) is 0.470. The molecule has 1 aromatic heterocycles. The van der Waals surface area contributed by atoms with Crippen LogP contribution >= 0.6 is 11.8 Å². The average molecular weight is 313 g/mol. The summed E-state index contributed by atoms with van der Waals surface area (Å²) in [4.78, 5) is 10.7. The Hall–Kier alpha value is -1.04. The van der Waals surface area contributed by atoms with Crippen LogP contribution in [0.1, 0.15) is 64.6 Å². The minimum Gasteiger partial charge on any atom is -0.481 e. The third kappa shape index (κ3) is 6.98. The molecule has 1 heterocycles. The van der Waals surface area contributed by atoms with Gasteiger partial charge >= 0.3 is 5.97 Å². The van der Waals surface area contributed by atoms with Crippen LogP contribution < -0.4 is 0 Å². The molecule has 0 saturated heterocycles. The normalized spacial score (nSPS) is 11.0. The third-order valence-corrected chi connectivity index (χ3v) is 4.27. The Morgan fingerprint density at radius 1 is 1.10 bits per heavy atom. The van der Waals surface area contributed by atoms with Crippen molar-refractivity contribution in [1.82, 2.24) is 14.8 Å². The second-order valence-corrected chi connectivity index (χ2v) is 6.19. The molecule has 0 radical (unpaired) electrons. The van der Waals surface area contributed by atoms with Gasteiger partial charge in [-0.2, -0.15) is 0 Å². The van der Waals surface area contributed by atoms with Gasteiger partial charge in [-0.3, -0.25) is 4.79 Å². The number of carboxylic acid groups (broad SMARTS) is 1. The summed E-state index contributed by atoms with van der Waals surface area (Å²) in [7, 11) is 0. The predicted octanol–water partition coefficient (Wildman–Crippen LogP) is 3.77. The molecule has 0 aliphatic carbocycles. The maximum absolute atomic E-state index is 10.7. The van der Waals surface area contributed by atoms with Crippen molar-refractivity contribution < 1.29 is 9.90 Å². The maximum Gasteiger partial charge on any atom is 0.313 e. The first kappa shape index (κ1) is 18.0. The molecule has 1 rings (SSSR count). The van der Waals surface area contributed by atoms with E-state index in [2.05, 4.69) is 28.6 Å². The molecule has 0 spiro atoms. The van der Waals surface area contributed by atoms with Crippen LogP contribution in [0.2, 0.25) is 0 Å². The van der Waals surface area contributed by atoms with E-state index in [0.717, 1.165) is 36.8 Å². The van der Waals surface area contributed by atoms with Crippen molar-refractivity contribution in [3.05, 3.63) is 5.82 Å². The van der Waals surface area contributed by atoms with Gasteiger partial charge in [-0.15, -0.1) is 10.2 Å². The number of thioether (sulfide) groups is 1. The highest BCUT2D eigenvalue weighted by Crippen LogP contribution is 2.19. The van der Waals surface area contributed by atoms with Crippen molar-refractivity contribution in [3.8, 4) is 0 Å². The van der Waals surface area contributed by atoms with Crippen LogP contribution in [0, 0.1) is 0 Å². The van der Waals surface area contributed by atoms with Gasteiger partial charge in [-0.1, -0.05) is 57.7 Å². The van der Waals surface area contributed by atoms with Crippen LogP contribution in [-0.2, 0) is 17.8 Å². The largest absolute Gasteiger partial charge is 0.481 e. The van der Waals surface area contributed by atoms with Crippen LogP contribution in [0.3, 0.4) is 0 Å². The number of carboxylic acids is 1. The maximum atomic E-state index is 10.7. The smallest absolute Gasteiger partial charge is 0.313 e. The van der Waals surface area contributed by atoms with Gasteiger partial charge in [-0.25, -0.2) is 0 Å². The molecule has 0 atom stereocenters. The lowest BCUT2D eigenvalue weighted by Crippen LogP contribution is -2.06. The van der Waals surface area contributed by atoms with E-state index in [0.29, 0.717) is 0 Å². The minimum absolute atomic E-state index is 0.0405. The molecule has 1 N–H and O–H groups in total. The van der Waals surface area contributed by atoms with Crippen LogP contribution in [0.15, 0.2) is 5.16 Å². The SMILES string of the molecule is CCCCCCCCc1nnc(SCC(=O)O)n1CCC. The summed E-state index contributed by atoms with van der Waals surface area (Å²) in [5.74, 6) is 0.225. The molecule has 21 heavy (non-hydrogen) atoms. The number of aliphatic carboxylic acids is 1. The zero-order valence-electron chi connectivity index (χ0n) is 13.2. The highest BCUT2D eigenvalue weighted by molar-refractivity contribution is 7.99. The van der Waals surface area contributed by atoms with Crippen LogP contribution in [-0.4, -0.2) is 31.6 Å². The number of rotatable bonds is 12. The Morgan fingerprint density at radius 2 is 1.81 bits per heavy atom. The highest BCUT2D eigenvalue weighted by atomic mass is 32.2. The molecular weight excluding hydrogens is 286 g/mol. The standard InChI is InChI=1S/C15H27N3O2S/c1-3-5-6-7-8-9-10-13-16-17-15(18(13)11-4-2)21-12-14(19)20/h3-12H2,1-2H3,(H,19,20). The number of aromatic nitrogens is 3. The Labute approximate surface area is 131 Å². The van der Waals surface area contributed by atoms with E-state index in [1.54, 1.807) is 0 Å². The van der Waals surface area contributed by atoms with Gasteiger partial charge < -0.3 is 9.67 Å². The molecule has 6 heteroatoms. The van der Waals surface area contributed by atoms with Crippen molar-refractivity contribution in [2.45, 2.75) is 76.9 Å². The number of hydrogen-bond acceptors (Lipinski definition) is 4. The first-order valence-corrected chi connectivity index (χ1v) is 8.94. The monoisotopic (exact) mass is 313 g/mol.